The van der Waals surface area contributed by atoms with Crippen molar-refractivity contribution in [2.45, 2.75) is 6.04 Å². The Labute approximate surface area is 145 Å². The van der Waals surface area contributed by atoms with Crippen LogP contribution in [0.5, 0.6) is 0 Å². The van der Waals surface area contributed by atoms with E-state index < -0.39 is 29.7 Å². The second kappa shape index (κ2) is 5.67. The number of hydrazone groups is 1. The second-order valence-electron chi connectivity index (χ2n) is 4.80. The lowest BCUT2D eigenvalue weighted by molar-refractivity contribution is -0.133. The average Bonchev–Trinajstić information content (AvgIpc) is 3.01. The fourth-order valence-electron chi connectivity index (χ4n) is 2.53. The van der Waals surface area contributed by atoms with Gasteiger partial charge in [-0.05, 0) is 12.1 Å². The first-order chi connectivity index (χ1) is 10.9. The first kappa shape index (κ1) is 16.0. The summed E-state index contributed by atoms with van der Waals surface area (Å²) >= 11 is 18.0. The number of methoxy groups -OCH3 is 1. The van der Waals surface area contributed by atoms with Crippen molar-refractivity contribution in [3.05, 3.63) is 27.2 Å². The predicted octanol–water partition coefficient (Wildman–Crippen LogP) is 1.64. The molecule has 120 valence electrons. The fraction of sp³-hybridized carbons (Fsp3) is 0.231. The number of hydrogen-bond acceptors (Lipinski definition) is 6. The summed E-state index contributed by atoms with van der Waals surface area (Å²) in [6, 6.07) is 1.73. The number of esters is 1. The van der Waals surface area contributed by atoms with Gasteiger partial charge in [0.15, 0.2) is 5.71 Å². The van der Waals surface area contributed by atoms with E-state index in [-0.39, 0.29) is 26.5 Å². The molecule has 0 aliphatic carbocycles. The van der Waals surface area contributed by atoms with Crippen molar-refractivity contribution in [1.82, 2.24) is 5.43 Å². The Kier molecular flexibility index (Phi) is 3.95. The van der Waals surface area contributed by atoms with Gasteiger partial charge < -0.3 is 4.74 Å². The minimum Gasteiger partial charge on any atom is -0.464 e. The van der Waals surface area contributed by atoms with Crippen molar-refractivity contribution < 1.29 is 19.1 Å². The Morgan fingerprint density at radius 1 is 1.22 bits per heavy atom. The van der Waals surface area contributed by atoms with Gasteiger partial charge in [0.1, 0.15) is 12.0 Å². The zero-order valence-electron chi connectivity index (χ0n) is 11.5. The first-order valence-electron chi connectivity index (χ1n) is 6.30. The summed E-state index contributed by atoms with van der Waals surface area (Å²) in [5, 5.41) is 4.06. The molecule has 2 atom stereocenters. The minimum absolute atomic E-state index is 0.0214. The van der Waals surface area contributed by atoms with Crippen molar-refractivity contribution in [3.63, 3.8) is 0 Å². The molecule has 1 N–H and O–H groups in total. The van der Waals surface area contributed by atoms with E-state index in [1.165, 1.54) is 12.1 Å². The van der Waals surface area contributed by atoms with Crippen LogP contribution in [0.2, 0.25) is 15.1 Å². The van der Waals surface area contributed by atoms with E-state index in [4.69, 9.17) is 34.8 Å². The van der Waals surface area contributed by atoms with Gasteiger partial charge in [-0.1, -0.05) is 34.8 Å². The molecule has 10 heteroatoms. The highest BCUT2D eigenvalue weighted by Gasteiger charge is 2.56. The number of ether oxygens (including phenoxy) is 1. The largest absolute Gasteiger partial charge is 0.464 e. The number of carbonyl (C=O) groups excluding carboxylic acids is 3. The summed E-state index contributed by atoms with van der Waals surface area (Å²) in [4.78, 5) is 37.7. The Balaban J connectivity index is 2.05. The Morgan fingerprint density at radius 2 is 1.83 bits per heavy atom. The first-order valence-corrected chi connectivity index (χ1v) is 7.44. The molecule has 0 aromatic heterocycles. The van der Waals surface area contributed by atoms with Crippen LogP contribution in [0.3, 0.4) is 0 Å². The lowest BCUT2D eigenvalue weighted by atomic mass is 9.99. The molecule has 7 nitrogen and oxygen atoms in total. The fourth-order valence-corrected chi connectivity index (χ4v) is 3.52. The summed E-state index contributed by atoms with van der Waals surface area (Å²) in [7, 11) is 1.16. The molecular weight excluding hydrogens is 369 g/mol. The Hall–Kier alpha value is -1.83. The second-order valence-corrected chi connectivity index (χ2v) is 6.05. The van der Waals surface area contributed by atoms with Gasteiger partial charge in [-0.2, -0.15) is 5.10 Å². The molecule has 1 aromatic carbocycles. The third-order valence-electron chi connectivity index (χ3n) is 3.52. The molecule has 0 saturated carbocycles. The summed E-state index contributed by atoms with van der Waals surface area (Å²) in [6.45, 7) is 0. The number of anilines is 1. The lowest BCUT2D eigenvalue weighted by Crippen LogP contribution is -2.36. The van der Waals surface area contributed by atoms with Crippen molar-refractivity contribution >= 4 is 64.0 Å². The van der Waals surface area contributed by atoms with Gasteiger partial charge in [0, 0.05) is 5.02 Å². The number of hydrogen-bond donors (Lipinski definition) is 1. The molecule has 0 spiro atoms. The molecule has 2 aliphatic rings. The highest BCUT2D eigenvalue weighted by molar-refractivity contribution is 6.49. The van der Waals surface area contributed by atoms with Gasteiger partial charge in [-0.25, -0.2) is 9.69 Å². The monoisotopic (exact) mass is 375 g/mol. The molecule has 0 unspecified atom stereocenters. The van der Waals surface area contributed by atoms with E-state index in [1.54, 1.807) is 0 Å². The van der Waals surface area contributed by atoms with Gasteiger partial charge >= 0.3 is 5.97 Å². The number of rotatable bonds is 2. The van der Waals surface area contributed by atoms with E-state index in [0.29, 0.717) is 0 Å². The highest BCUT2D eigenvalue weighted by Crippen LogP contribution is 2.41. The molecule has 0 bridgehead atoms. The SMILES string of the molecule is COC(=O)C1=NN[C@H]2C(=O)N(c3c(Cl)cc(Cl)cc3Cl)C(=O)[C@H]12. The van der Waals surface area contributed by atoms with Crippen molar-refractivity contribution in [2.24, 2.45) is 11.0 Å². The smallest absolute Gasteiger partial charge is 0.355 e. The lowest BCUT2D eigenvalue weighted by Gasteiger charge is -2.18. The van der Waals surface area contributed by atoms with Gasteiger partial charge in [-0.15, -0.1) is 0 Å². The molecule has 1 fully saturated rings. The van der Waals surface area contributed by atoms with Crippen molar-refractivity contribution in [3.8, 4) is 0 Å². The van der Waals surface area contributed by atoms with Crippen LogP contribution in [0.4, 0.5) is 5.69 Å². The summed E-state index contributed by atoms with van der Waals surface area (Å²) in [5.41, 5.74) is 2.33. The van der Waals surface area contributed by atoms with E-state index >= 15 is 0 Å². The van der Waals surface area contributed by atoms with Crippen LogP contribution >= 0.6 is 34.8 Å². The van der Waals surface area contributed by atoms with Gasteiger partial charge in [0.2, 0.25) is 5.91 Å². The van der Waals surface area contributed by atoms with Gasteiger partial charge in [0.25, 0.3) is 5.91 Å². The molecular formula is C13H8Cl3N3O4. The average molecular weight is 377 g/mol. The maximum atomic E-state index is 12.6. The number of imide groups is 1. The van der Waals surface area contributed by atoms with Crippen LogP contribution in [-0.4, -0.2) is 36.6 Å². The number of amides is 2. The van der Waals surface area contributed by atoms with Crippen LogP contribution in [-0.2, 0) is 19.1 Å². The summed E-state index contributed by atoms with van der Waals surface area (Å²) < 4.78 is 4.57. The van der Waals surface area contributed by atoms with Crippen LogP contribution in [0.15, 0.2) is 17.2 Å². The van der Waals surface area contributed by atoms with E-state index in [9.17, 15) is 14.4 Å². The number of carbonyl (C=O) groups is 3. The van der Waals surface area contributed by atoms with Crippen LogP contribution < -0.4 is 10.3 Å². The number of fused-ring (bicyclic) bond motifs is 1. The maximum absolute atomic E-state index is 12.6. The Morgan fingerprint density at radius 3 is 2.39 bits per heavy atom. The molecule has 0 radical (unpaired) electrons. The molecule has 2 heterocycles. The minimum atomic E-state index is -1.09. The predicted molar refractivity (Wildman–Crippen MR) is 83.8 cm³/mol. The number of nitrogens with one attached hydrogen (secondary N) is 1. The zero-order chi connectivity index (χ0) is 16.9. The van der Waals surface area contributed by atoms with Crippen molar-refractivity contribution in [1.29, 1.82) is 0 Å². The zero-order valence-corrected chi connectivity index (χ0v) is 13.7. The third kappa shape index (κ3) is 2.36. The van der Waals surface area contributed by atoms with E-state index in [1.807, 2.05) is 0 Å². The maximum Gasteiger partial charge on any atom is 0.355 e. The molecule has 3 rings (SSSR count). The normalized spacial score (nSPS) is 22.8. The van der Waals surface area contributed by atoms with Crippen LogP contribution in [0.25, 0.3) is 0 Å². The quantitative estimate of drug-likeness (QED) is 0.626. The number of benzene rings is 1. The molecule has 1 aromatic rings. The van der Waals surface area contributed by atoms with Gasteiger partial charge in [-0.3, -0.25) is 15.0 Å². The third-order valence-corrected chi connectivity index (χ3v) is 4.32. The molecule has 2 amide bonds. The Bertz CT molecular complexity index is 757. The topological polar surface area (TPSA) is 88.1 Å². The molecule has 23 heavy (non-hydrogen) atoms. The number of halogens is 3. The molecule has 1 saturated heterocycles. The van der Waals surface area contributed by atoms with Crippen LogP contribution in [0.1, 0.15) is 0 Å². The van der Waals surface area contributed by atoms with Crippen molar-refractivity contribution in [2.75, 3.05) is 12.0 Å². The molecule has 2 aliphatic heterocycles. The summed E-state index contributed by atoms with van der Waals surface area (Å²) in [6.07, 6.45) is 0. The van der Waals surface area contributed by atoms with Gasteiger partial charge in [0.05, 0.1) is 22.8 Å². The highest BCUT2D eigenvalue weighted by atomic mass is 35.5. The number of nitrogens with zero attached hydrogens (tertiary/aromatic N) is 2. The van der Waals surface area contributed by atoms with E-state index in [0.717, 1.165) is 12.0 Å². The van der Waals surface area contributed by atoms with E-state index in [2.05, 4.69) is 15.3 Å². The van der Waals surface area contributed by atoms with Crippen LogP contribution in [0, 0.1) is 5.92 Å². The summed E-state index contributed by atoms with van der Waals surface area (Å²) in [5.74, 6) is -3.16. The standard InChI is InChI=1S/C13H8Cl3N3O4/c1-23-13(22)9-7-8(17-18-9)12(21)19(11(7)20)10-5(15)2-4(14)3-6(10)16/h2-3,7-8,17H,1H3/t7-,8+/m0/s1.